The number of benzene rings is 1. The summed E-state index contributed by atoms with van der Waals surface area (Å²) in [7, 11) is 1.50. The maximum Gasteiger partial charge on any atom is 0.256 e. The van der Waals surface area contributed by atoms with Crippen molar-refractivity contribution < 1.29 is 9.63 Å². The topological polar surface area (TPSA) is 29.5 Å². The van der Waals surface area contributed by atoms with E-state index in [1.54, 1.807) is 0 Å². The van der Waals surface area contributed by atoms with E-state index in [-0.39, 0.29) is 5.91 Å². The van der Waals surface area contributed by atoms with E-state index in [2.05, 4.69) is 0 Å². The van der Waals surface area contributed by atoms with Crippen LogP contribution in [0, 0.1) is 5.41 Å². The van der Waals surface area contributed by atoms with Crippen molar-refractivity contribution in [2.75, 3.05) is 12.2 Å². The van der Waals surface area contributed by atoms with Crippen LogP contribution in [-0.4, -0.2) is 13.0 Å². The highest BCUT2D eigenvalue weighted by Gasteiger charge is 2.28. The summed E-state index contributed by atoms with van der Waals surface area (Å²) in [5, 5.41) is 1.32. The van der Waals surface area contributed by atoms with Crippen LogP contribution >= 0.6 is 0 Å². The van der Waals surface area contributed by atoms with Crippen LogP contribution < -0.4 is 5.06 Å². The molecule has 0 bridgehead atoms. The van der Waals surface area contributed by atoms with E-state index in [4.69, 9.17) is 4.84 Å². The van der Waals surface area contributed by atoms with E-state index in [1.807, 2.05) is 51.1 Å². The zero-order chi connectivity index (χ0) is 11.5. The van der Waals surface area contributed by atoms with Gasteiger partial charge >= 0.3 is 0 Å². The lowest BCUT2D eigenvalue weighted by Crippen LogP contribution is -2.38. The molecule has 1 aromatic rings. The smallest absolute Gasteiger partial charge is 0.256 e. The van der Waals surface area contributed by atoms with E-state index in [1.165, 1.54) is 12.2 Å². The van der Waals surface area contributed by atoms with Crippen LogP contribution in [0.3, 0.4) is 0 Å². The summed E-state index contributed by atoms with van der Waals surface area (Å²) >= 11 is 0. The first-order valence-corrected chi connectivity index (χ1v) is 4.90. The molecule has 0 fully saturated rings. The minimum absolute atomic E-state index is 0.0591. The van der Waals surface area contributed by atoms with Gasteiger partial charge in [0.2, 0.25) is 0 Å². The number of para-hydroxylation sites is 1. The number of nitrogens with zero attached hydrogens (tertiary/aromatic N) is 1. The SMILES string of the molecule is CON(C(=O)C(C)(C)C)c1ccccc1. The Morgan fingerprint density at radius 3 is 2.13 bits per heavy atom. The van der Waals surface area contributed by atoms with Crippen molar-refractivity contribution in [1.29, 1.82) is 0 Å². The molecule has 0 spiro atoms. The van der Waals surface area contributed by atoms with Gasteiger partial charge in [0.15, 0.2) is 0 Å². The molecule has 0 saturated heterocycles. The van der Waals surface area contributed by atoms with Gasteiger partial charge in [-0.3, -0.25) is 9.63 Å². The van der Waals surface area contributed by atoms with Crippen LogP contribution in [0.2, 0.25) is 0 Å². The highest BCUT2D eigenvalue weighted by Crippen LogP contribution is 2.22. The molecule has 3 nitrogen and oxygen atoms in total. The van der Waals surface area contributed by atoms with Crippen LogP contribution in [0.15, 0.2) is 30.3 Å². The number of amides is 1. The number of hydrogen-bond donors (Lipinski definition) is 0. The molecule has 1 aromatic carbocycles. The number of hydroxylamine groups is 1. The molecule has 0 N–H and O–H groups in total. The Kier molecular flexibility index (Phi) is 3.48. The summed E-state index contributed by atoms with van der Waals surface area (Å²) in [4.78, 5) is 17.1. The number of hydrogen-bond acceptors (Lipinski definition) is 2. The highest BCUT2D eigenvalue weighted by molar-refractivity contribution is 5.94. The molecular formula is C12H17NO2. The van der Waals surface area contributed by atoms with Gasteiger partial charge in [0.25, 0.3) is 5.91 Å². The molecule has 0 atom stereocenters. The van der Waals surface area contributed by atoms with E-state index in [9.17, 15) is 4.79 Å². The van der Waals surface area contributed by atoms with E-state index in [0.29, 0.717) is 0 Å². The van der Waals surface area contributed by atoms with Crippen LogP contribution in [0.25, 0.3) is 0 Å². The van der Waals surface area contributed by atoms with Crippen molar-refractivity contribution in [3.8, 4) is 0 Å². The lowest BCUT2D eigenvalue weighted by atomic mass is 9.95. The number of anilines is 1. The fourth-order valence-corrected chi connectivity index (χ4v) is 1.17. The fraction of sp³-hybridized carbons (Fsp3) is 0.417. The van der Waals surface area contributed by atoms with Gasteiger partial charge in [0, 0.05) is 5.41 Å². The fourth-order valence-electron chi connectivity index (χ4n) is 1.17. The van der Waals surface area contributed by atoms with Gasteiger partial charge in [-0.1, -0.05) is 39.0 Å². The van der Waals surface area contributed by atoms with Gasteiger partial charge in [-0.25, -0.2) is 0 Å². The van der Waals surface area contributed by atoms with Gasteiger partial charge in [-0.2, -0.15) is 5.06 Å². The van der Waals surface area contributed by atoms with Crippen LogP contribution in [-0.2, 0) is 9.63 Å². The minimum atomic E-state index is -0.453. The van der Waals surface area contributed by atoms with Crippen molar-refractivity contribution in [3.63, 3.8) is 0 Å². The van der Waals surface area contributed by atoms with Crippen LogP contribution in [0.5, 0.6) is 0 Å². The monoisotopic (exact) mass is 207 g/mol. The van der Waals surface area contributed by atoms with E-state index in [0.717, 1.165) is 5.69 Å². The molecule has 0 saturated carbocycles. The van der Waals surface area contributed by atoms with Gasteiger partial charge in [-0.15, -0.1) is 0 Å². The summed E-state index contributed by atoms with van der Waals surface area (Å²) < 4.78 is 0. The van der Waals surface area contributed by atoms with Crippen LogP contribution in [0.1, 0.15) is 20.8 Å². The third kappa shape index (κ3) is 2.80. The van der Waals surface area contributed by atoms with Gasteiger partial charge in [0.05, 0.1) is 12.8 Å². The molecule has 0 aliphatic heterocycles. The summed E-state index contributed by atoms with van der Waals surface area (Å²) in [6.45, 7) is 5.60. The molecular weight excluding hydrogens is 190 g/mol. The minimum Gasteiger partial charge on any atom is -0.272 e. The Balaban J connectivity index is 2.96. The van der Waals surface area contributed by atoms with Crippen molar-refractivity contribution in [2.24, 2.45) is 5.41 Å². The van der Waals surface area contributed by atoms with Gasteiger partial charge in [0.1, 0.15) is 0 Å². The van der Waals surface area contributed by atoms with Crippen LogP contribution in [0.4, 0.5) is 5.69 Å². The zero-order valence-electron chi connectivity index (χ0n) is 9.65. The molecule has 0 aromatic heterocycles. The van der Waals surface area contributed by atoms with Crippen molar-refractivity contribution >= 4 is 11.6 Å². The molecule has 0 aliphatic carbocycles. The third-order valence-electron chi connectivity index (χ3n) is 2.00. The molecule has 1 amide bonds. The Labute approximate surface area is 90.6 Å². The summed E-state index contributed by atoms with van der Waals surface area (Å²) in [6.07, 6.45) is 0. The summed E-state index contributed by atoms with van der Waals surface area (Å²) in [5.74, 6) is -0.0591. The molecule has 0 aliphatic rings. The Morgan fingerprint density at radius 1 is 1.20 bits per heavy atom. The lowest BCUT2D eigenvalue weighted by molar-refractivity contribution is -0.132. The number of rotatable bonds is 2. The largest absolute Gasteiger partial charge is 0.272 e. The van der Waals surface area contributed by atoms with Gasteiger partial charge in [-0.05, 0) is 12.1 Å². The second kappa shape index (κ2) is 4.45. The molecule has 1 rings (SSSR count). The zero-order valence-corrected chi connectivity index (χ0v) is 9.65. The Hall–Kier alpha value is -1.35. The number of carbonyl (C=O) groups is 1. The maximum absolute atomic E-state index is 12.0. The molecule has 0 heterocycles. The first-order valence-electron chi connectivity index (χ1n) is 4.90. The van der Waals surface area contributed by atoms with Crippen molar-refractivity contribution in [1.82, 2.24) is 0 Å². The maximum atomic E-state index is 12.0. The molecule has 0 radical (unpaired) electrons. The molecule has 0 unspecified atom stereocenters. The number of carbonyl (C=O) groups excluding carboxylic acids is 1. The highest BCUT2D eigenvalue weighted by atomic mass is 16.7. The standard InChI is InChI=1S/C12H17NO2/c1-12(2,3)11(14)13(15-4)10-8-6-5-7-9-10/h5-9H,1-4H3. The Bertz CT molecular complexity index is 327. The lowest BCUT2D eigenvalue weighted by Gasteiger charge is -2.26. The second-order valence-corrected chi connectivity index (χ2v) is 4.37. The first kappa shape index (κ1) is 11.7. The first-order chi connectivity index (χ1) is 6.96. The Morgan fingerprint density at radius 2 is 1.73 bits per heavy atom. The summed E-state index contributed by atoms with van der Waals surface area (Å²) in [5.41, 5.74) is 0.297. The van der Waals surface area contributed by atoms with Gasteiger partial charge < -0.3 is 0 Å². The second-order valence-electron chi connectivity index (χ2n) is 4.37. The average molecular weight is 207 g/mol. The summed E-state index contributed by atoms with van der Waals surface area (Å²) in [6, 6.07) is 9.33. The van der Waals surface area contributed by atoms with Crippen molar-refractivity contribution in [3.05, 3.63) is 30.3 Å². The predicted octanol–water partition coefficient (Wildman–Crippen LogP) is 2.63. The molecule has 15 heavy (non-hydrogen) atoms. The van der Waals surface area contributed by atoms with E-state index < -0.39 is 5.41 Å². The third-order valence-corrected chi connectivity index (χ3v) is 2.00. The normalized spacial score (nSPS) is 11.2. The average Bonchev–Trinajstić information content (AvgIpc) is 2.19. The predicted molar refractivity (Wildman–Crippen MR) is 60.4 cm³/mol. The van der Waals surface area contributed by atoms with E-state index >= 15 is 0 Å². The molecule has 82 valence electrons. The quantitative estimate of drug-likeness (QED) is 0.698. The van der Waals surface area contributed by atoms with Crippen molar-refractivity contribution in [2.45, 2.75) is 20.8 Å². The molecule has 3 heteroatoms.